The molecule has 0 spiro atoms. The molecule has 7 nitrogen and oxygen atoms in total. The highest BCUT2D eigenvalue weighted by atomic mass is 32.2. The average molecular weight is 613 g/mol. The first-order valence-electron chi connectivity index (χ1n) is 14.5. The number of benzene rings is 4. The van der Waals surface area contributed by atoms with Crippen molar-refractivity contribution < 1.29 is 14.4 Å². The van der Waals surface area contributed by atoms with Gasteiger partial charge in [0.05, 0.1) is 5.25 Å². The summed E-state index contributed by atoms with van der Waals surface area (Å²) in [5, 5.41) is 5.26. The number of carbonyl (C=O) groups is 3. The van der Waals surface area contributed by atoms with E-state index in [0.717, 1.165) is 16.3 Å². The summed E-state index contributed by atoms with van der Waals surface area (Å²) in [6.07, 6.45) is 5.45. The second-order valence-corrected chi connectivity index (χ2v) is 11.3. The number of rotatable bonds is 11. The Kier molecular flexibility index (Phi) is 10.5. The van der Waals surface area contributed by atoms with E-state index >= 15 is 0 Å². The quantitative estimate of drug-likeness (QED) is 0.118. The first kappa shape index (κ1) is 31.0. The molecule has 0 radical (unpaired) electrons. The van der Waals surface area contributed by atoms with Crippen molar-refractivity contribution in [3.63, 3.8) is 0 Å². The van der Waals surface area contributed by atoms with Crippen molar-refractivity contribution in [3.8, 4) is 0 Å². The number of pyridine rings is 1. The van der Waals surface area contributed by atoms with Crippen molar-refractivity contribution in [2.45, 2.75) is 23.5 Å². The molecular weight excluding hydrogens is 580 g/mol. The van der Waals surface area contributed by atoms with Crippen molar-refractivity contribution in [2.75, 3.05) is 10.2 Å². The Hall–Kier alpha value is -5.47. The third-order valence-corrected chi connectivity index (χ3v) is 8.17. The predicted octanol–water partition coefficient (Wildman–Crippen LogP) is 7.73. The second kappa shape index (κ2) is 15.3. The van der Waals surface area contributed by atoms with Gasteiger partial charge in [0, 0.05) is 39.9 Å². The number of nitrogens with zero attached hydrogens (tertiary/aromatic N) is 2. The van der Waals surface area contributed by atoms with E-state index in [9.17, 15) is 14.4 Å². The molecule has 8 heteroatoms. The largest absolute Gasteiger partial charge is 0.321 e. The van der Waals surface area contributed by atoms with Crippen LogP contribution in [0, 0.1) is 0 Å². The fourth-order valence-electron chi connectivity index (χ4n) is 4.56. The van der Waals surface area contributed by atoms with Crippen molar-refractivity contribution in [2.24, 2.45) is 0 Å². The molecule has 0 bridgehead atoms. The summed E-state index contributed by atoms with van der Waals surface area (Å²) in [6, 6.07) is 38.8. The molecule has 2 N–H and O–H groups in total. The first-order valence-corrected chi connectivity index (χ1v) is 15.4. The van der Waals surface area contributed by atoms with Gasteiger partial charge < -0.3 is 10.6 Å². The maximum atomic E-state index is 13.9. The number of thioether (sulfide) groups is 1. The zero-order valence-corrected chi connectivity index (χ0v) is 25.5. The van der Waals surface area contributed by atoms with Crippen LogP contribution in [0.2, 0.25) is 0 Å². The minimum absolute atomic E-state index is 0.0170. The van der Waals surface area contributed by atoms with Crippen LogP contribution in [0.5, 0.6) is 0 Å². The maximum absolute atomic E-state index is 13.9. The zero-order chi connectivity index (χ0) is 31.4. The lowest BCUT2D eigenvalue weighted by Gasteiger charge is -2.27. The number of para-hydroxylation sites is 2. The number of amides is 3. The van der Waals surface area contributed by atoms with Crippen LogP contribution in [-0.4, -0.2) is 28.0 Å². The van der Waals surface area contributed by atoms with Crippen LogP contribution < -0.4 is 15.5 Å². The van der Waals surface area contributed by atoms with Crippen LogP contribution in [0.15, 0.2) is 150 Å². The summed E-state index contributed by atoms with van der Waals surface area (Å²) in [5.74, 6) is -0.897. The van der Waals surface area contributed by atoms with Gasteiger partial charge in [-0.05, 0) is 84.8 Å². The first-order chi connectivity index (χ1) is 22.0. The highest BCUT2D eigenvalue weighted by Crippen LogP contribution is 2.33. The molecular formula is C37H32N4O3S. The van der Waals surface area contributed by atoms with E-state index in [-0.39, 0.29) is 16.9 Å². The Morgan fingerprint density at radius 3 is 1.93 bits per heavy atom. The van der Waals surface area contributed by atoms with E-state index < -0.39 is 11.8 Å². The molecule has 0 fully saturated rings. The fraction of sp³-hybridized carbons (Fsp3) is 0.0811. The van der Waals surface area contributed by atoms with E-state index in [1.165, 1.54) is 11.8 Å². The number of hydrogen-bond acceptors (Lipinski definition) is 5. The van der Waals surface area contributed by atoms with Gasteiger partial charge in [0.25, 0.3) is 11.8 Å². The summed E-state index contributed by atoms with van der Waals surface area (Å²) in [5.41, 5.74) is 3.33. The third-order valence-electron chi connectivity index (χ3n) is 6.81. The van der Waals surface area contributed by atoms with Crippen molar-refractivity contribution >= 4 is 52.6 Å². The van der Waals surface area contributed by atoms with Gasteiger partial charge in [-0.3, -0.25) is 24.3 Å². The third kappa shape index (κ3) is 8.34. The summed E-state index contributed by atoms with van der Waals surface area (Å²) in [7, 11) is 0. The molecule has 1 heterocycles. The van der Waals surface area contributed by atoms with Gasteiger partial charge >= 0.3 is 0 Å². The Balaban J connectivity index is 1.30. The standard InChI is InChI=1S/C37H32N4O3S/c1-2-34(37(44)41(30-16-8-4-9-17-30)31-18-10-5-11-19-31)45-32-22-20-29(21-23-32)39-36(43)33(25-27-13-12-24-38-26-27)40-35(42)28-14-6-3-7-15-28/h3-26,34H,2H2,1H3,(H,39,43)(H,40,42)/b33-25-. The van der Waals surface area contributed by atoms with Crippen LogP contribution >= 0.6 is 11.8 Å². The Morgan fingerprint density at radius 1 is 0.778 bits per heavy atom. The summed E-state index contributed by atoms with van der Waals surface area (Å²) in [6.45, 7) is 2.00. The molecule has 4 aromatic carbocycles. The fourth-order valence-corrected chi connectivity index (χ4v) is 5.55. The molecule has 0 aliphatic rings. The van der Waals surface area contributed by atoms with E-state index in [1.807, 2.05) is 85.8 Å². The Labute approximate surface area is 267 Å². The van der Waals surface area contributed by atoms with Crippen LogP contribution in [0.25, 0.3) is 6.08 Å². The topological polar surface area (TPSA) is 91.4 Å². The average Bonchev–Trinajstić information content (AvgIpc) is 3.09. The van der Waals surface area contributed by atoms with E-state index in [2.05, 4.69) is 15.6 Å². The predicted molar refractivity (Wildman–Crippen MR) is 181 cm³/mol. The molecule has 0 saturated carbocycles. The van der Waals surface area contributed by atoms with Crippen molar-refractivity contribution in [3.05, 3.63) is 157 Å². The van der Waals surface area contributed by atoms with E-state index in [0.29, 0.717) is 23.2 Å². The summed E-state index contributed by atoms with van der Waals surface area (Å²) in [4.78, 5) is 46.9. The lowest BCUT2D eigenvalue weighted by Crippen LogP contribution is -2.34. The summed E-state index contributed by atoms with van der Waals surface area (Å²) >= 11 is 1.48. The molecule has 1 aromatic heterocycles. The summed E-state index contributed by atoms with van der Waals surface area (Å²) < 4.78 is 0. The minimum Gasteiger partial charge on any atom is -0.321 e. The Morgan fingerprint density at radius 2 is 1.38 bits per heavy atom. The molecule has 5 aromatic rings. The molecule has 0 aliphatic heterocycles. The highest BCUT2D eigenvalue weighted by molar-refractivity contribution is 8.00. The van der Waals surface area contributed by atoms with Gasteiger partial charge in [-0.2, -0.15) is 0 Å². The van der Waals surface area contributed by atoms with Gasteiger partial charge in [0.2, 0.25) is 5.91 Å². The second-order valence-electron chi connectivity index (χ2n) is 10.0. The normalized spacial score (nSPS) is 11.7. The minimum atomic E-state index is -0.480. The van der Waals surface area contributed by atoms with Crippen LogP contribution in [0.4, 0.5) is 17.1 Å². The van der Waals surface area contributed by atoms with Gasteiger partial charge in [0.1, 0.15) is 5.70 Å². The molecule has 5 rings (SSSR count). The van der Waals surface area contributed by atoms with Gasteiger partial charge in [-0.1, -0.05) is 67.6 Å². The maximum Gasteiger partial charge on any atom is 0.272 e. The van der Waals surface area contributed by atoms with Crippen LogP contribution in [-0.2, 0) is 9.59 Å². The van der Waals surface area contributed by atoms with Crippen LogP contribution in [0.3, 0.4) is 0 Å². The van der Waals surface area contributed by atoms with Crippen molar-refractivity contribution in [1.29, 1.82) is 0 Å². The number of nitrogens with one attached hydrogen (secondary N) is 2. The van der Waals surface area contributed by atoms with E-state index in [1.54, 1.807) is 71.9 Å². The Bertz CT molecular complexity index is 1710. The molecule has 0 saturated heterocycles. The number of hydrogen-bond donors (Lipinski definition) is 2. The molecule has 3 amide bonds. The number of anilines is 3. The SMILES string of the molecule is CCC(Sc1ccc(NC(=O)/C(=C/c2cccnc2)NC(=O)c2ccccc2)cc1)C(=O)N(c1ccccc1)c1ccccc1. The van der Waals surface area contributed by atoms with Gasteiger partial charge in [0.15, 0.2) is 0 Å². The van der Waals surface area contributed by atoms with Crippen molar-refractivity contribution in [1.82, 2.24) is 10.3 Å². The molecule has 45 heavy (non-hydrogen) atoms. The van der Waals surface area contributed by atoms with E-state index in [4.69, 9.17) is 0 Å². The zero-order valence-electron chi connectivity index (χ0n) is 24.7. The molecule has 1 atom stereocenters. The number of aromatic nitrogens is 1. The van der Waals surface area contributed by atoms with Crippen LogP contribution in [0.1, 0.15) is 29.3 Å². The lowest BCUT2D eigenvalue weighted by molar-refractivity contribution is -0.117. The smallest absolute Gasteiger partial charge is 0.272 e. The monoisotopic (exact) mass is 612 g/mol. The van der Waals surface area contributed by atoms with Gasteiger partial charge in [-0.15, -0.1) is 11.8 Å². The lowest BCUT2D eigenvalue weighted by atomic mass is 10.2. The molecule has 0 aliphatic carbocycles. The van der Waals surface area contributed by atoms with Gasteiger partial charge in [-0.25, -0.2) is 0 Å². The molecule has 224 valence electrons. The number of carbonyl (C=O) groups excluding carboxylic acids is 3. The highest BCUT2D eigenvalue weighted by Gasteiger charge is 2.26. The molecule has 1 unspecified atom stereocenters.